The van der Waals surface area contributed by atoms with Crippen LogP contribution in [-0.2, 0) is 11.2 Å². The number of nitrogens with zero attached hydrogens (tertiary/aromatic N) is 2. The predicted octanol–water partition coefficient (Wildman–Crippen LogP) is 2.59. The molecule has 25 heavy (non-hydrogen) atoms. The maximum atomic E-state index is 12.3. The molecular weight excluding hydrogens is 314 g/mol. The summed E-state index contributed by atoms with van der Waals surface area (Å²) in [6.45, 7) is 2.03. The number of methoxy groups -OCH3 is 1. The molecule has 5 heteroatoms. The standard InChI is InChI=1S/C20H25N3O2/c1-25-17-9-7-16(8-10-17)11-13-22-20(24)15-23-14-4-6-19(23)18-5-2-3-12-21-18/h2-3,5,7-10,12,19H,4,6,11,13-15H2,1H3,(H,22,24). The zero-order chi connectivity index (χ0) is 17.5. The van der Waals surface area contributed by atoms with E-state index in [9.17, 15) is 4.79 Å². The first-order valence-electron chi connectivity index (χ1n) is 8.81. The van der Waals surface area contributed by atoms with E-state index < -0.39 is 0 Å². The topological polar surface area (TPSA) is 54.5 Å². The summed E-state index contributed by atoms with van der Waals surface area (Å²) in [4.78, 5) is 19.0. The number of aromatic nitrogens is 1. The van der Waals surface area contributed by atoms with Crippen molar-refractivity contribution in [1.29, 1.82) is 0 Å². The normalized spacial score (nSPS) is 17.4. The second-order valence-corrected chi connectivity index (χ2v) is 6.33. The van der Waals surface area contributed by atoms with Gasteiger partial charge in [0.15, 0.2) is 0 Å². The lowest BCUT2D eigenvalue weighted by atomic mass is 10.1. The van der Waals surface area contributed by atoms with Crippen LogP contribution in [0.4, 0.5) is 0 Å². The van der Waals surface area contributed by atoms with E-state index >= 15 is 0 Å². The van der Waals surface area contributed by atoms with Gasteiger partial charge in [-0.2, -0.15) is 0 Å². The maximum Gasteiger partial charge on any atom is 0.234 e. The second-order valence-electron chi connectivity index (χ2n) is 6.33. The molecular formula is C20H25N3O2. The Labute approximate surface area is 149 Å². The van der Waals surface area contributed by atoms with Crippen molar-refractivity contribution in [2.45, 2.75) is 25.3 Å². The SMILES string of the molecule is COc1ccc(CCNC(=O)CN2CCCC2c2ccccn2)cc1. The number of benzene rings is 1. The Hall–Kier alpha value is -2.40. The highest BCUT2D eigenvalue weighted by atomic mass is 16.5. The van der Waals surface area contributed by atoms with Crippen molar-refractivity contribution in [2.24, 2.45) is 0 Å². The Bertz CT molecular complexity index is 673. The minimum absolute atomic E-state index is 0.0799. The molecule has 1 amide bonds. The molecule has 1 aromatic carbocycles. The molecule has 3 rings (SSSR count). The third-order valence-electron chi connectivity index (χ3n) is 4.63. The zero-order valence-electron chi connectivity index (χ0n) is 14.6. The summed E-state index contributed by atoms with van der Waals surface area (Å²) in [5, 5.41) is 3.03. The lowest BCUT2D eigenvalue weighted by molar-refractivity contribution is -0.122. The van der Waals surface area contributed by atoms with Crippen LogP contribution >= 0.6 is 0 Å². The molecule has 1 unspecified atom stereocenters. The van der Waals surface area contributed by atoms with Crippen LogP contribution in [0.25, 0.3) is 0 Å². The molecule has 132 valence electrons. The van der Waals surface area contributed by atoms with E-state index in [-0.39, 0.29) is 11.9 Å². The van der Waals surface area contributed by atoms with Gasteiger partial charge in [0.2, 0.25) is 5.91 Å². The van der Waals surface area contributed by atoms with E-state index in [2.05, 4.69) is 15.2 Å². The summed E-state index contributed by atoms with van der Waals surface area (Å²) in [7, 11) is 1.66. The minimum atomic E-state index is 0.0799. The van der Waals surface area contributed by atoms with E-state index in [1.165, 1.54) is 5.56 Å². The van der Waals surface area contributed by atoms with Crippen LogP contribution in [0.5, 0.6) is 5.75 Å². The number of hydrogen-bond acceptors (Lipinski definition) is 4. The Balaban J connectivity index is 1.45. The van der Waals surface area contributed by atoms with Gasteiger partial charge in [0.25, 0.3) is 0 Å². The third kappa shape index (κ3) is 4.79. The molecule has 0 radical (unpaired) electrons. The number of ether oxygens (including phenoxy) is 1. The number of likely N-dealkylation sites (tertiary alicyclic amines) is 1. The van der Waals surface area contributed by atoms with E-state index in [1.807, 2.05) is 48.7 Å². The molecule has 0 saturated carbocycles. The fourth-order valence-corrected chi connectivity index (χ4v) is 3.30. The van der Waals surface area contributed by atoms with Gasteiger partial charge in [0.1, 0.15) is 5.75 Å². The second kappa shape index (κ2) is 8.62. The summed E-state index contributed by atoms with van der Waals surface area (Å²) in [5.41, 5.74) is 2.25. The molecule has 5 nitrogen and oxygen atoms in total. The predicted molar refractivity (Wildman–Crippen MR) is 97.5 cm³/mol. The Kier molecular flexibility index (Phi) is 6.01. The molecule has 1 fully saturated rings. The average Bonchev–Trinajstić information content (AvgIpc) is 3.11. The van der Waals surface area contributed by atoms with Crippen molar-refractivity contribution in [3.8, 4) is 5.75 Å². The number of carbonyl (C=O) groups excluding carboxylic acids is 1. The number of carbonyl (C=O) groups is 1. The van der Waals surface area contributed by atoms with Gasteiger partial charge in [-0.25, -0.2) is 0 Å². The lowest BCUT2D eigenvalue weighted by Crippen LogP contribution is -2.37. The van der Waals surface area contributed by atoms with Gasteiger partial charge >= 0.3 is 0 Å². The zero-order valence-corrected chi connectivity index (χ0v) is 14.6. The van der Waals surface area contributed by atoms with Gasteiger partial charge in [-0.3, -0.25) is 14.7 Å². The van der Waals surface area contributed by atoms with Crippen LogP contribution in [0.15, 0.2) is 48.7 Å². The van der Waals surface area contributed by atoms with Crippen molar-refractivity contribution in [3.63, 3.8) is 0 Å². The molecule has 0 bridgehead atoms. The molecule has 2 heterocycles. The molecule has 1 aliphatic rings. The van der Waals surface area contributed by atoms with E-state index in [0.29, 0.717) is 13.1 Å². The molecule has 0 aliphatic carbocycles. The molecule has 1 aromatic heterocycles. The molecule has 1 atom stereocenters. The third-order valence-corrected chi connectivity index (χ3v) is 4.63. The van der Waals surface area contributed by atoms with Crippen molar-refractivity contribution < 1.29 is 9.53 Å². The van der Waals surface area contributed by atoms with Crippen LogP contribution in [0.1, 0.15) is 30.1 Å². The first kappa shape index (κ1) is 17.4. The Morgan fingerprint density at radius 1 is 1.28 bits per heavy atom. The van der Waals surface area contributed by atoms with Gasteiger partial charge in [-0.1, -0.05) is 18.2 Å². The van der Waals surface area contributed by atoms with E-state index in [1.54, 1.807) is 7.11 Å². The van der Waals surface area contributed by atoms with Gasteiger partial charge in [-0.15, -0.1) is 0 Å². The van der Waals surface area contributed by atoms with Crippen molar-refractivity contribution in [2.75, 3.05) is 26.7 Å². The quantitative estimate of drug-likeness (QED) is 0.842. The molecule has 1 N–H and O–H groups in total. The first-order valence-corrected chi connectivity index (χ1v) is 8.81. The lowest BCUT2D eigenvalue weighted by Gasteiger charge is -2.23. The van der Waals surface area contributed by atoms with Crippen molar-refractivity contribution >= 4 is 5.91 Å². The van der Waals surface area contributed by atoms with Crippen LogP contribution in [-0.4, -0.2) is 42.5 Å². The van der Waals surface area contributed by atoms with E-state index in [0.717, 1.165) is 37.3 Å². The van der Waals surface area contributed by atoms with E-state index in [4.69, 9.17) is 4.74 Å². The first-order chi connectivity index (χ1) is 12.3. The average molecular weight is 339 g/mol. The number of hydrogen-bond donors (Lipinski definition) is 1. The fraction of sp³-hybridized carbons (Fsp3) is 0.400. The van der Waals surface area contributed by atoms with Crippen molar-refractivity contribution in [1.82, 2.24) is 15.2 Å². The summed E-state index contributed by atoms with van der Waals surface area (Å²) in [5.74, 6) is 0.929. The largest absolute Gasteiger partial charge is 0.497 e. The Morgan fingerprint density at radius 2 is 2.12 bits per heavy atom. The van der Waals surface area contributed by atoms with Crippen molar-refractivity contribution in [3.05, 3.63) is 59.9 Å². The van der Waals surface area contributed by atoms with Crippen LogP contribution in [0, 0.1) is 0 Å². The summed E-state index contributed by atoms with van der Waals surface area (Å²) >= 11 is 0. The highest BCUT2D eigenvalue weighted by Crippen LogP contribution is 2.29. The number of amides is 1. The summed E-state index contributed by atoms with van der Waals surface area (Å²) in [6.07, 6.45) is 4.82. The van der Waals surface area contributed by atoms with Crippen LogP contribution in [0.3, 0.4) is 0 Å². The molecule has 0 spiro atoms. The maximum absolute atomic E-state index is 12.3. The Morgan fingerprint density at radius 3 is 2.84 bits per heavy atom. The number of pyridine rings is 1. The highest BCUT2D eigenvalue weighted by Gasteiger charge is 2.28. The van der Waals surface area contributed by atoms with Crippen LogP contribution < -0.4 is 10.1 Å². The smallest absolute Gasteiger partial charge is 0.234 e. The van der Waals surface area contributed by atoms with Crippen LogP contribution in [0.2, 0.25) is 0 Å². The summed E-state index contributed by atoms with van der Waals surface area (Å²) in [6, 6.07) is 14.2. The van der Waals surface area contributed by atoms with Gasteiger partial charge in [0, 0.05) is 12.7 Å². The minimum Gasteiger partial charge on any atom is -0.497 e. The fourth-order valence-electron chi connectivity index (χ4n) is 3.30. The summed E-state index contributed by atoms with van der Waals surface area (Å²) < 4.78 is 5.15. The number of nitrogens with one attached hydrogen (secondary N) is 1. The van der Waals surface area contributed by atoms with Gasteiger partial charge < -0.3 is 10.1 Å². The molecule has 1 aliphatic heterocycles. The van der Waals surface area contributed by atoms with Gasteiger partial charge in [0.05, 0.1) is 25.4 Å². The number of rotatable bonds is 7. The monoisotopic (exact) mass is 339 g/mol. The molecule has 2 aromatic rings. The highest BCUT2D eigenvalue weighted by molar-refractivity contribution is 5.78. The molecule has 1 saturated heterocycles. The van der Waals surface area contributed by atoms with Gasteiger partial charge in [-0.05, 0) is 55.6 Å².